The van der Waals surface area contributed by atoms with Gasteiger partial charge in [0.15, 0.2) is 0 Å². The average Bonchev–Trinajstić information content (AvgIpc) is 2.94. The second kappa shape index (κ2) is 4.21. The summed E-state index contributed by atoms with van der Waals surface area (Å²) in [5, 5.41) is 0. The van der Waals surface area contributed by atoms with Gasteiger partial charge < -0.3 is 9.64 Å². The summed E-state index contributed by atoms with van der Waals surface area (Å²) in [4.78, 5) is 6.72. The van der Waals surface area contributed by atoms with Crippen LogP contribution in [0, 0.1) is 17.8 Å². The van der Waals surface area contributed by atoms with E-state index in [4.69, 9.17) is 4.74 Å². The first-order valence-electron chi connectivity index (χ1n) is 6.55. The smallest absolute Gasteiger partial charge is 0.139 e. The number of hydrogen-bond donors (Lipinski definition) is 0. The molecule has 3 heteroatoms. The van der Waals surface area contributed by atoms with Crippen molar-refractivity contribution >= 4 is 5.69 Å². The Balaban J connectivity index is 1.66. The molecule has 2 heterocycles. The molecule has 0 radical (unpaired) electrons. The molecule has 1 saturated heterocycles. The number of fused-ring (bicyclic) bond motifs is 1. The number of piperidine rings is 1. The van der Waals surface area contributed by atoms with Gasteiger partial charge in [-0.3, -0.25) is 4.98 Å². The van der Waals surface area contributed by atoms with Crippen LogP contribution in [0.4, 0.5) is 5.69 Å². The van der Waals surface area contributed by atoms with Gasteiger partial charge in [0.25, 0.3) is 0 Å². The summed E-state index contributed by atoms with van der Waals surface area (Å²) in [5.74, 6) is 3.36. The Bertz CT molecular complexity index is 395. The lowest BCUT2D eigenvalue weighted by molar-refractivity contribution is 0.270. The molecule has 1 aliphatic heterocycles. The minimum Gasteiger partial charge on any atom is -0.492 e. The Hall–Kier alpha value is -1.25. The molecular formula is C14H20N2O. The van der Waals surface area contributed by atoms with E-state index < -0.39 is 0 Å². The van der Waals surface area contributed by atoms with Gasteiger partial charge in [0.05, 0.1) is 24.7 Å². The summed E-state index contributed by atoms with van der Waals surface area (Å²) >= 11 is 0. The predicted molar refractivity (Wildman–Crippen MR) is 68.4 cm³/mol. The highest BCUT2D eigenvalue weighted by molar-refractivity contribution is 5.50. The van der Waals surface area contributed by atoms with Crippen molar-refractivity contribution in [1.29, 1.82) is 0 Å². The van der Waals surface area contributed by atoms with E-state index in [9.17, 15) is 0 Å². The lowest BCUT2D eigenvalue weighted by atomic mass is 10.2. The molecule has 0 spiro atoms. The van der Waals surface area contributed by atoms with Gasteiger partial charge in [-0.25, -0.2) is 0 Å². The summed E-state index contributed by atoms with van der Waals surface area (Å²) < 4.78 is 5.72. The lowest BCUT2D eigenvalue weighted by Crippen LogP contribution is -2.21. The quantitative estimate of drug-likeness (QED) is 0.797. The highest BCUT2D eigenvalue weighted by Crippen LogP contribution is 2.46. The van der Waals surface area contributed by atoms with Gasteiger partial charge in [-0.2, -0.15) is 0 Å². The van der Waals surface area contributed by atoms with Crippen molar-refractivity contribution in [3.8, 4) is 5.75 Å². The molecule has 92 valence electrons. The zero-order valence-corrected chi connectivity index (χ0v) is 10.6. The standard InChI is InChI=1S/C14H20N2O/c1-10(2)9-17-14-4-13(5-15-6-14)16-7-11-3-12(11)8-16/h4-6,10-12H,3,7-9H2,1-2H3. The molecule has 0 amide bonds. The Kier molecular flexibility index (Phi) is 2.69. The van der Waals surface area contributed by atoms with Crippen LogP contribution in [0.15, 0.2) is 18.5 Å². The molecule has 0 aromatic carbocycles. The van der Waals surface area contributed by atoms with Crippen LogP contribution in [-0.2, 0) is 0 Å². The van der Waals surface area contributed by atoms with Gasteiger partial charge in [0.1, 0.15) is 5.75 Å². The second-order valence-corrected chi connectivity index (χ2v) is 5.74. The topological polar surface area (TPSA) is 25.4 Å². The molecule has 3 rings (SSSR count). The van der Waals surface area contributed by atoms with E-state index in [2.05, 4.69) is 29.8 Å². The zero-order valence-electron chi connectivity index (χ0n) is 10.6. The van der Waals surface area contributed by atoms with E-state index in [0.29, 0.717) is 5.92 Å². The Labute approximate surface area is 103 Å². The molecule has 2 fully saturated rings. The van der Waals surface area contributed by atoms with Crippen LogP contribution in [0.5, 0.6) is 5.75 Å². The van der Waals surface area contributed by atoms with Crippen molar-refractivity contribution in [2.75, 3.05) is 24.6 Å². The van der Waals surface area contributed by atoms with Crippen molar-refractivity contribution in [1.82, 2.24) is 4.98 Å². The second-order valence-electron chi connectivity index (χ2n) is 5.74. The SMILES string of the molecule is CC(C)COc1cncc(N2CC3CC3C2)c1. The molecule has 1 aliphatic carbocycles. The molecule has 1 saturated carbocycles. The van der Waals surface area contributed by atoms with Gasteiger partial charge in [0.2, 0.25) is 0 Å². The number of nitrogens with zero attached hydrogens (tertiary/aromatic N) is 2. The largest absolute Gasteiger partial charge is 0.492 e. The van der Waals surface area contributed by atoms with Gasteiger partial charge >= 0.3 is 0 Å². The third-order valence-corrected chi connectivity index (χ3v) is 3.63. The highest BCUT2D eigenvalue weighted by atomic mass is 16.5. The maximum absolute atomic E-state index is 5.72. The van der Waals surface area contributed by atoms with Crippen molar-refractivity contribution in [2.45, 2.75) is 20.3 Å². The first-order chi connectivity index (χ1) is 8.22. The Morgan fingerprint density at radius 1 is 1.35 bits per heavy atom. The molecule has 0 N–H and O–H groups in total. The fourth-order valence-electron chi connectivity index (χ4n) is 2.53. The van der Waals surface area contributed by atoms with Crippen molar-refractivity contribution in [3.63, 3.8) is 0 Å². The van der Waals surface area contributed by atoms with E-state index in [1.165, 1.54) is 25.2 Å². The monoisotopic (exact) mass is 232 g/mol. The van der Waals surface area contributed by atoms with E-state index in [0.717, 1.165) is 24.2 Å². The minimum absolute atomic E-state index is 0.554. The van der Waals surface area contributed by atoms with Crippen molar-refractivity contribution < 1.29 is 4.74 Å². The maximum atomic E-state index is 5.72. The van der Waals surface area contributed by atoms with Crippen LogP contribution in [0.1, 0.15) is 20.3 Å². The number of hydrogen-bond acceptors (Lipinski definition) is 3. The Morgan fingerprint density at radius 2 is 2.12 bits per heavy atom. The summed E-state index contributed by atoms with van der Waals surface area (Å²) in [6.45, 7) is 7.49. The van der Waals surface area contributed by atoms with Gasteiger partial charge in [-0.15, -0.1) is 0 Å². The fourth-order valence-corrected chi connectivity index (χ4v) is 2.53. The van der Waals surface area contributed by atoms with Crippen LogP contribution in [-0.4, -0.2) is 24.7 Å². The first-order valence-corrected chi connectivity index (χ1v) is 6.55. The fraction of sp³-hybridized carbons (Fsp3) is 0.643. The van der Waals surface area contributed by atoms with Crippen molar-refractivity contribution in [2.24, 2.45) is 17.8 Å². The number of anilines is 1. The van der Waals surface area contributed by atoms with Crippen LogP contribution in [0.2, 0.25) is 0 Å². The summed E-state index contributed by atoms with van der Waals surface area (Å²) in [5.41, 5.74) is 1.22. The molecule has 1 aromatic rings. The molecule has 3 nitrogen and oxygen atoms in total. The minimum atomic E-state index is 0.554. The molecule has 1 aromatic heterocycles. The predicted octanol–water partition coefficient (Wildman–Crippen LogP) is 2.57. The number of rotatable bonds is 4. The molecule has 2 unspecified atom stereocenters. The zero-order chi connectivity index (χ0) is 11.8. The van der Waals surface area contributed by atoms with Crippen LogP contribution < -0.4 is 9.64 Å². The molecule has 17 heavy (non-hydrogen) atoms. The average molecular weight is 232 g/mol. The normalized spacial score (nSPS) is 26.2. The Morgan fingerprint density at radius 3 is 2.82 bits per heavy atom. The van der Waals surface area contributed by atoms with E-state index in [-0.39, 0.29) is 0 Å². The molecule has 2 aliphatic rings. The molecular weight excluding hydrogens is 212 g/mol. The van der Waals surface area contributed by atoms with Gasteiger partial charge in [0, 0.05) is 19.2 Å². The number of aromatic nitrogens is 1. The van der Waals surface area contributed by atoms with Crippen LogP contribution in [0.3, 0.4) is 0 Å². The third-order valence-electron chi connectivity index (χ3n) is 3.63. The third kappa shape index (κ3) is 2.38. The van der Waals surface area contributed by atoms with E-state index in [1.54, 1.807) is 0 Å². The molecule has 0 bridgehead atoms. The lowest BCUT2D eigenvalue weighted by Gasteiger charge is -2.20. The van der Waals surface area contributed by atoms with E-state index in [1.807, 2.05) is 12.4 Å². The van der Waals surface area contributed by atoms with Gasteiger partial charge in [-0.1, -0.05) is 13.8 Å². The number of ether oxygens (including phenoxy) is 1. The van der Waals surface area contributed by atoms with Crippen LogP contribution >= 0.6 is 0 Å². The molecule has 2 atom stereocenters. The van der Waals surface area contributed by atoms with Crippen LogP contribution in [0.25, 0.3) is 0 Å². The number of pyridine rings is 1. The summed E-state index contributed by atoms with van der Waals surface area (Å²) in [6.07, 6.45) is 5.20. The maximum Gasteiger partial charge on any atom is 0.139 e. The summed E-state index contributed by atoms with van der Waals surface area (Å²) in [6, 6.07) is 2.13. The van der Waals surface area contributed by atoms with E-state index >= 15 is 0 Å². The first kappa shape index (κ1) is 10.9. The highest BCUT2D eigenvalue weighted by Gasteiger charge is 2.45. The summed E-state index contributed by atoms with van der Waals surface area (Å²) in [7, 11) is 0. The van der Waals surface area contributed by atoms with Crippen molar-refractivity contribution in [3.05, 3.63) is 18.5 Å². The van der Waals surface area contributed by atoms with Gasteiger partial charge in [-0.05, 0) is 24.2 Å².